The number of hydrogen-bond acceptors (Lipinski definition) is 4. The highest BCUT2D eigenvalue weighted by Gasteiger charge is 2.45. The first-order valence-electron chi connectivity index (χ1n) is 7.77. The van der Waals surface area contributed by atoms with Crippen molar-refractivity contribution in [2.45, 2.75) is 39.7 Å². The van der Waals surface area contributed by atoms with E-state index < -0.39 is 35.9 Å². The molecule has 0 aromatic rings. The number of alkyl halides is 2. The van der Waals surface area contributed by atoms with E-state index in [1.165, 1.54) is 4.90 Å². The summed E-state index contributed by atoms with van der Waals surface area (Å²) < 4.78 is 36.7. The fourth-order valence-electron chi connectivity index (χ4n) is 2.36. The maximum atomic E-state index is 13.2. The minimum atomic E-state index is -2.69. The van der Waals surface area contributed by atoms with Gasteiger partial charge in [0.05, 0.1) is 18.4 Å². The Bertz CT molecular complexity index is 413. The lowest BCUT2D eigenvalue weighted by molar-refractivity contribution is -0.162. The Balaban J connectivity index is 2.63. The number of ether oxygens (including phenoxy) is 2. The number of hydrogen-bond donors (Lipinski definition) is 1. The van der Waals surface area contributed by atoms with Crippen LogP contribution in [0, 0.1) is 11.8 Å². The molecule has 0 saturated carbocycles. The lowest BCUT2D eigenvalue weighted by atomic mass is 9.96. The van der Waals surface area contributed by atoms with E-state index >= 15 is 0 Å². The average molecular weight is 336 g/mol. The van der Waals surface area contributed by atoms with E-state index in [0.717, 1.165) is 0 Å². The number of rotatable bonds is 6. The minimum absolute atomic E-state index is 0.0651. The first-order chi connectivity index (χ1) is 10.7. The fourth-order valence-corrected chi connectivity index (χ4v) is 2.36. The highest BCUT2D eigenvalue weighted by molar-refractivity contribution is 5.78. The van der Waals surface area contributed by atoms with Gasteiger partial charge in [0.2, 0.25) is 6.43 Å². The normalized spacial score (nSPS) is 21.6. The molecule has 0 spiro atoms. The third-order valence-electron chi connectivity index (χ3n) is 3.41. The molecule has 1 N–H and O–H groups in total. The van der Waals surface area contributed by atoms with Crippen LogP contribution in [-0.2, 0) is 14.3 Å². The SMILES string of the molecule is CCOCCNC(=O)N1C[C@@H](C(=O)OC(C)(C)C)[C@H](C(F)F)C1. The molecular weight excluding hydrogens is 310 g/mol. The lowest BCUT2D eigenvalue weighted by Crippen LogP contribution is -2.40. The molecule has 1 heterocycles. The summed E-state index contributed by atoms with van der Waals surface area (Å²) in [6.45, 7) is 7.81. The summed E-state index contributed by atoms with van der Waals surface area (Å²) in [4.78, 5) is 25.3. The highest BCUT2D eigenvalue weighted by atomic mass is 19.3. The zero-order chi connectivity index (χ0) is 17.6. The summed E-state index contributed by atoms with van der Waals surface area (Å²) in [5.41, 5.74) is -0.753. The molecule has 23 heavy (non-hydrogen) atoms. The average Bonchev–Trinajstić information content (AvgIpc) is 2.87. The Morgan fingerprint density at radius 1 is 1.30 bits per heavy atom. The van der Waals surface area contributed by atoms with Crippen LogP contribution in [0.25, 0.3) is 0 Å². The second-order valence-corrected chi connectivity index (χ2v) is 6.47. The van der Waals surface area contributed by atoms with Crippen LogP contribution in [0.3, 0.4) is 0 Å². The summed E-state index contributed by atoms with van der Waals surface area (Å²) in [5.74, 6) is -2.90. The predicted molar refractivity (Wildman–Crippen MR) is 80.3 cm³/mol. The van der Waals surface area contributed by atoms with Gasteiger partial charge >= 0.3 is 12.0 Å². The van der Waals surface area contributed by atoms with Crippen LogP contribution in [0.1, 0.15) is 27.7 Å². The summed E-state index contributed by atoms with van der Waals surface area (Å²) in [6, 6.07) is -0.471. The number of urea groups is 1. The quantitative estimate of drug-likeness (QED) is 0.594. The first kappa shape index (κ1) is 19.6. The van der Waals surface area contributed by atoms with Crippen LogP contribution in [-0.4, -0.2) is 61.8 Å². The van der Waals surface area contributed by atoms with Crippen LogP contribution in [0.2, 0.25) is 0 Å². The van der Waals surface area contributed by atoms with Gasteiger partial charge in [0.1, 0.15) is 5.60 Å². The molecule has 0 aromatic heterocycles. The molecule has 0 aromatic carbocycles. The number of amides is 2. The number of carbonyl (C=O) groups is 2. The molecule has 2 atom stereocenters. The second-order valence-electron chi connectivity index (χ2n) is 6.47. The molecule has 0 bridgehead atoms. The van der Waals surface area contributed by atoms with Crippen molar-refractivity contribution in [3.63, 3.8) is 0 Å². The van der Waals surface area contributed by atoms with Crippen molar-refractivity contribution >= 4 is 12.0 Å². The largest absolute Gasteiger partial charge is 0.460 e. The standard InChI is InChI=1S/C15H26F2N2O4/c1-5-22-7-6-18-14(21)19-8-10(12(16)17)11(9-19)13(20)23-15(2,3)4/h10-12H,5-9H2,1-4H3,(H,18,21)/t10-,11-/m1/s1. The zero-order valence-corrected chi connectivity index (χ0v) is 14.1. The molecule has 1 aliphatic rings. The van der Waals surface area contributed by atoms with Crippen molar-refractivity contribution < 1.29 is 27.8 Å². The molecule has 1 aliphatic heterocycles. The summed E-state index contributed by atoms with van der Waals surface area (Å²) in [5, 5.41) is 2.59. The fraction of sp³-hybridized carbons (Fsp3) is 0.867. The van der Waals surface area contributed by atoms with Crippen molar-refractivity contribution in [2.75, 3.05) is 32.8 Å². The van der Waals surface area contributed by atoms with Gasteiger partial charge in [0.25, 0.3) is 0 Å². The molecule has 1 rings (SSSR count). The minimum Gasteiger partial charge on any atom is -0.460 e. The van der Waals surface area contributed by atoms with Crippen molar-refractivity contribution in [3.05, 3.63) is 0 Å². The van der Waals surface area contributed by atoms with Gasteiger partial charge < -0.3 is 19.7 Å². The zero-order valence-electron chi connectivity index (χ0n) is 14.1. The maximum absolute atomic E-state index is 13.2. The molecule has 8 heteroatoms. The molecule has 2 amide bonds. The van der Waals surface area contributed by atoms with Crippen LogP contribution in [0.4, 0.5) is 13.6 Å². The molecule has 0 aliphatic carbocycles. The van der Waals surface area contributed by atoms with Crippen LogP contribution < -0.4 is 5.32 Å². The van der Waals surface area contributed by atoms with E-state index in [1.54, 1.807) is 20.8 Å². The van der Waals surface area contributed by atoms with Crippen molar-refractivity contribution in [3.8, 4) is 0 Å². The molecule has 0 radical (unpaired) electrons. The van der Waals surface area contributed by atoms with Gasteiger partial charge in [-0.3, -0.25) is 4.79 Å². The second kappa shape index (κ2) is 8.42. The monoisotopic (exact) mass is 336 g/mol. The van der Waals surface area contributed by atoms with Crippen LogP contribution in [0.5, 0.6) is 0 Å². The molecule has 6 nitrogen and oxygen atoms in total. The molecule has 1 fully saturated rings. The highest BCUT2D eigenvalue weighted by Crippen LogP contribution is 2.31. The maximum Gasteiger partial charge on any atom is 0.317 e. The molecule has 134 valence electrons. The van der Waals surface area contributed by atoms with Gasteiger partial charge in [-0.25, -0.2) is 13.6 Å². The van der Waals surface area contributed by atoms with Gasteiger partial charge in [-0.05, 0) is 27.7 Å². The van der Waals surface area contributed by atoms with Crippen molar-refractivity contribution in [1.29, 1.82) is 0 Å². The van der Waals surface area contributed by atoms with Crippen LogP contribution >= 0.6 is 0 Å². The number of nitrogens with one attached hydrogen (secondary N) is 1. The van der Waals surface area contributed by atoms with Crippen LogP contribution in [0.15, 0.2) is 0 Å². The Morgan fingerprint density at radius 2 is 1.96 bits per heavy atom. The van der Waals surface area contributed by atoms with E-state index in [0.29, 0.717) is 19.8 Å². The topological polar surface area (TPSA) is 67.9 Å². The number of carbonyl (C=O) groups excluding carboxylic acids is 2. The van der Waals surface area contributed by atoms with E-state index in [2.05, 4.69) is 5.32 Å². The molecule has 0 unspecified atom stereocenters. The summed E-state index contributed by atoms with van der Waals surface area (Å²) in [7, 11) is 0. The Morgan fingerprint density at radius 3 is 2.48 bits per heavy atom. The number of likely N-dealkylation sites (tertiary alicyclic amines) is 1. The van der Waals surface area contributed by atoms with Gasteiger partial charge in [0.15, 0.2) is 0 Å². The summed E-state index contributed by atoms with van der Waals surface area (Å²) >= 11 is 0. The van der Waals surface area contributed by atoms with Crippen molar-refractivity contribution in [1.82, 2.24) is 10.2 Å². The van der Waals surface area contributed by atoms with Gasteiger partial charge in [-0.2, -0.15) is 0 Å². The van der Waals surface area contributed by atoms with E-state index in [4.69, 9.17) is 9.47 Å². The summed E-state index contributed by atoms with van der Waals surface area (Å²) in [6.07, 6.45) is -2.69. The predicted octanol–water partition coefficient (Wildman–Crippen LogP) is 1.89. The number of nitrogens with zero attached hydrogens (tertiary/aromatic N) is 1. The van der Waals surface area contributed by atoms with E-state index in [-0.39, 0.29) is 13.1 Å². The van der Waals surface area contributed by atoms with Gasteiger partial charge in [-0.15, -0.1) is 0 Å². The van der Waals surface area contributed by atoms with E-state index in [1.807, 2.05) is 6.92 Å². The smallest absolute Gasteiger partial charge is 0.317 e. The van der Waals surface area contributed by atoms with E-state index in [9.17, 15) is 18.4 Å². The molecular formula is C15H26F2N2O4. The van der Waals surface area contributed by atoms with Gasteiger partial charge in [0, 0.05) is 26.2 Å². The first-order valence-corrected chi connectivity index (χ1v) is 7.77. The third kappa shape index (κ3) is 6.29. The lowest BCUT2D eigenvalue weighted by Gasteiger charge is -2.24. The molecule has 1 saturated heterocycles. The number of esters is 1. The third-order valence-corrected chi connectivity index (χ3v) is 3.41. The van der Waals surface area contributed by atoms with Gasteiger partial charge in [-0.1, -0.05) is 0 Å². The number of halogens is 2. The Labute approximate surface area is 135 Å². The Kier molecular flexibility index (Phi) is 7.18. The van der Waals surface area contributed by atoms with Crippen molar-refractivity contribution in [2.24, 2.45) is 11.8 Å². The Hall–Kier alpha value is -1.44.